The summed E-state index contributed by atoms with van der Waals surface area (Å²) >= 11 is 1.50. The van der Waals surface area contributed by atoms with Crippen LogP contribution in [0.15, 0.2) is 24.3 Å². The predicted octanol–water partition coefficient (Wildman–Crippen LogP) is 1.90. The molecule has 3 rings (SSSR count). The third-order valence-corrected chi connectivity index (χ3v) is 5.21. The second-order valence-electron chi connectivity index (χ2n) is 5.94. The van der Waals surface area contributed by atoms with E-state index in [1.54, 1.807) is 17.0 Å². The Hall–Kier alpha value is -2.52. The minimum Gasteiger partial charge on any atom is -0.375 e. The highest BCUT2D eigenvalue weighted by Gasteiger charge is 2.24. The lowest BCUT2D eigenvalue weighted by Crippen LogP contribution is -2.48. The normalized spacial score (nSPS) is 15.3. The summed E-state index contributed by atoms with van der Waals surface area (Å²) < 4.78 is 0. The van der Waals surface area contributed by atoms with Gasteiger partial charge < -0.3 is 10.6 Å². The molecule has 0 bridgehead atoms. The summed E-state index contributed by atoms with van der Waals surface area (Å²) in [6, 6.07) is 5.87. The summed E-state index contributed by atoms with van der Waals surface area (Å²) in [5, 5.41) is 11.4. The molecule has 9 heteroatoms. The summed E-state index contributed by atoms with van der Waals surface area (Å²) in [6.45, 7) is 5.41. The van der Waals surface area contributed by atoms with Crippen molar-refractivity contribution < 1.29 is 9.72 Å². The van der Waals surface area contributed by atoms with Gasteiger partial charge >= 0.3 is 0 Å². The predicted molar refractivity (Wildman–Crippen MR) is 95.5 cm³/mol. The second kappa shape index (κ2) is 7.16. The number of benzene rings is 1. The quantitative estimate of drug-likeness (QED) is 0.658. The molecule has 0 spiro atoms. The molecule has 1 saturated heterocycles. The summed E-state index contributed by atoms with van der Waals surface area (Å²) in [4.78, 5) is 32.3. The van der Waals surface area contributed by atoms with E-state index in [2.05, 4.69) is 9.88 Å². The van der Waals surface area contributed by atoms with Gasteiger partial charge in [0.15, 0.2) is 5.13 Å². The molecule has 2 N–H and O–H groups in total. The third-order valence-electron chi connectivity index (χ3n) is 4.24. The number of amides is 1. The van der Waals surface area contributed by atoms with E-state index in [0.717, 1.165) is 30.2 Å². The maximum Gasteiger partial charge on any atom is 0.270 e. The van der Waals surface area contributed by atoms with E-state index in [4.69, 9.17) is 5.73 Å². The zero-order valence-electron chi connectivity index (χ0n) is 13.8. The van der Waals surface area contributed by atoms with Crippen molar-refractivity contribution >= 4 is 28.1 Å². The second-order valence-corrected chi connectivity index (χ2v) is 7.05. The third kappa shape index (κ3) is 3.94. The summed E-state index contributed by atoms with van der Waals surface area (Å²) in [6.07, 6.45) is 0. The van der Waals surface area contributed by atoms with Crippen LogP contribution in [0.4, 0.5) is 10.8 Å². The van der Waals surface area contributed by atoms with Gasteiger partial charge in [-0.05, 0) is 13.0 Å². The maximum absolute atomic E-state index is 12.6. The number of nitrogens with zero attached hydrogens (tertiary/aromatic N) is 4. The number of nitrogens with two attached hydrogens (primary N) is 1. The molecule has 2 heterocycles. The monoisotopic (exact) mass is 361 g/mol. The number of hydrogen-bond donors (Lipinski definition) is 1. The number of anilines is 1. The summed E-state index contributed by atoms with van der Waals surface area (Å²) in [5.74, 6) is -0.165. The lowest BCUT2D eigenvalue weighted by molar-refractivity contribution is -0.384. The summed E-state index contributed by atoms with van der Waals surface area (Å²) in [5.41, 5.74) is 6.98. The van der Waals surface area contributed by atoms with Crippen LogP contribution in [-0.2, 0) is 6.54 Å². The molecule has 25 heavy (non-hydrogen) atoms. The molecule has 132 valence electrons. The largest absolute Gasteiger partial charge is 0.375 e. The van der Waals surface area contributed by atoms with Crippen molar-refractivity contribution in [1.29, 1.82) is 0 Å². The SMILES string of the molecule is Cc1nc(N)sc1CN1CCN(C(=O)c2cccc([N+](=O)[O-])c2)CC1. The van der Waals surface area contributed by atoms with Gasteiger partial charge in [0.25, 0.3) is 11.6 Å². The number of rotatable bonds is 4. The van der Waals surface area contributed by atoms with Gasteiger partial charge in [-0.15, -0.1) is 11.3 Å². The smallest absolute Gasteiger partial charge is 0.270 e. The first kappa shape index (κ1) is 17.3. The average Bonchev–Trinajstić information content (AvgIpc) is 2.92. The Morgan fingerprint density at radius 2 is 2.08 bits per heavy atom. The summed E-state index contributed by atoms with van der Waals surface area (Å²) in [7, 11) is 0. The van der Waals surface area contributed by atoms with E-state index < -0.39 is 4.92 Å². The number of piperazine rings is 1. The Morgan fingerprint density at radius 3 is 2.68 bits per heavy atom. The average molecular weight is 361 g/mol. The highest BCUT2D eigenvalue weighted by Crippen LogP contribution is 2.22. The zero-order chi connectivity index (χ0) is 18.0. The maximum atomic E-state index is 12.6. The molecule has 0 atom stereocenters. The molecule has 1 aliphatic rings. The van der Waals surface area contributed by atoms with E-state index in [9.17, 15) is 14.9 Å². The van der Waals surface area contributed by atoms with Crippen LogP contribution < -0.4 is 5.73 Å². The molecule has 1 amide bonds. The van der Waals surface area contributed by atoms with Gasteiger partial charge in [0.2, 0.25) is 0 Å². The molecule has 1 aromatic heterocycles. The van der Waals surface area contributed by atoms with Crippen molar-refractivity contribution in [3.05, 3.63) is 50.5 Å². The fourth-order valence-electron chi connectivity index (χ4n) is 2.84. The minimum atomic E-state index is -0.488. The molecule has 0 aliphatic carbocycles. The van der Waals surface area contributed by atoms with E-state index >= 15 is 0 Å². The zero-order valence-corrected chi connectivity index (χ0v) is 14.7. The fourth-order valence-corrected chi connectivity index (χ4v) is 3.72. The first-order valence-electron chi connectivity index (χ1n) is 7.92. The molecular formula is C16H19N5O3S. The van der Waals surface area contributed by atoms with Gasteiger partial charge in [-0.3, -0.25) is 19.8 Å². The van der Waals surface area contributed by atoms with E-state index in [-0.39, 0.29) is 11.6 Å². The van der Waals surface area contributed by atoms with Crippen LogP contribution in [0.3, 0.4) is 0 Å². The standard InChI is InChI=1S/C16H19N5O3S/c1-11-14(25-16(17)18-11)10-19-5-7-20(8-6-19)15(22)12-3-2-4-13(9-12)21(23)24/h2-4,9H,5-8,10H2,1H3,(H2,17,18). The molecule has 0 saturated carbocycles. The molecule has 2 aromatic rings. The molecule has 1 fully saturated rings. The Bertz CT molecular complexity index is 799. The fraction of sp³-hybridized carbons (Fsp3) is 0.375. The number of nitro groups is 1. The van der Waals surface area contributed by atoms with Gasteiger partial charge in [0.1, 0.15) is 0 Å². The van der Waals surface area contributed by atoms with Crippen molar-refractivity contribution in [2.24, 2.45) is 0 Å². The van der Waals surface area contributed by atoms with Gasteiger partial charge in [0.05, 0.1) is 10.6 Å². The van der Waals surface area contributed by atoms with Gasteiger partial charge in [-0.2, -0.15) is 0 Å². The molecule has 0 unspecified atom stereocenters. The van der Waals surface area contributed by atoms with Crippen molar-refractivity contribution in [3.63, 3.8) is 0 Å². The number of hydrogen-bond acceptors (Lipinski definition) is 7. The number of non-ortho nitro benzene ring substituents is 1. The Labute approximate surface area is 149 Å². The Morgan fingerprint density at radius 1 is 1.36 bits per heavy atom. The number of aromatic nitrogens is 1. The van der Waals surface area contributed by atoms with Crippen LogP contribution in [0.1, 0.15) is 20.9 Å². The van der Waals surface area contributed by atoms with Crippen LogP contribution in [0.2, 0.25) is 0 Å². The van der Waals surface area contributed by atoms with Gasteiger partial charge in [0, 0.05) is 55.3 Å². The minimum absolute atomic E-state index is 0.0669. The molecule has 1 aliphatic heterocycles. The van der Waals surface area contributed by atoms with E-state index in [0.29, 0.717) is 23.8 Å². The van der Waals surface area contributed by atoms with Crippen LogP contribution in [-0.4, -0.2) is 51.8 Å². The number of thiazole rings is 1. The highest BCUT2D eigenvalue weighted by atomic mass is 32.1. The number of carbonyl (C=O) groups excluding carboxylic acids is 1. The first-order valence-corrected chi connectivity index (χ1v) is 8.73. The number of nitrogen functional groups attached to an aromatic ring is 1. The number of nitro benzene ring substituents is 1. The van der Waals surface area contributed by atoms with Crippen LogP contribution in [0.25, 0.3) is 0 Å². The lowest BCUT2D eigenvalue weighted by Gasteiger charge is -2.34. The Kier molecular flexibility index (Phi) is 4.95. The number of carbonyl (C=O) groups is 1. The van der Waals surface area contributed by atoms with Crippen molar-refractivity contribution in [2.75, 3.05) is 31.9 Å². The van der Waals surface area contributed by atoms with Gasteiger partial charge in [-0.1, -0.05) is 6.07 Å². The van der Waals surface area contributed by atoms with Crippen molar-refractivity contribution in [3.8, 4) is 0 Å². The van der Waals surface area contributed by atoms with Crippen molar-refractivity contribution in [1.82, 2.24) is 14.8 Å². The topological polar surface area (TPSA) is 106 Å². The van der Waals surface area contributed by atoms with E-state index in [1.165, 1.54) is 23.5 Å². The van der Waals surface area contributed by atoms with Crippen LogP contribution in [0.5, 0.6) is 0 Å². The molecule has 8 nitrogen and oxygen atoms in total. The first-order chi connectivity index (χ1) is 11.9. The lowest BCUT2D eigenvalue weighted by atomic mass is 10.1. The van der Waals surface area contributed by atoms with Crippen molar-refractivity contribution in [2.45, 2.75) is 13.5 Å². The molecule has 1 aromatic carbocycles. The van der Waals surface area contributed by atoms with Crippen LogP contribution >= 0.6 is 11.3 Å². The van der Waals surface area contributed by atoms with E-state index in [1.807, 2.05) is 6.92 Å². The van der Waals surface area contributed by atoms with Crippen LogP contribution in [0, 0.1) is 17.0 Å². The highest BCUT2D eigenvalue weighted by molar-refractivity contribution is 7.15. The van der Waals surface area contributed by atoms with Gasteiger partial charge in [-0.25, -0.2) is 4.98 Å². The molecular weight excluding hydrogens is 342 g/mol. The molecule has 0 radical (unpaired) electrons. The Balaban J connectivity index is 1.60. The number of aryl methyl sites for hydroxylation is 1.